The van der Waals surface area contributed by atoms with E-state index in [-0.39, 0.29) is 21.9 Å². The number of fused-ring (bicyclic) bond motifs is 2. The second kappa shape index (κ2) is 9.10. The molecule has 1 heterocycles. The van der Waals surface area contributed by atoms with Crippen molar-refractivity contribution in [2.24, 2.45) is 10.8 Å². The Morgan fingerprint density at radius 3 is 1.52 bits per heavy atom. The molecule has 1 aliphatic heterocycles. The summed E-state index contributed by atoms with van der Waals surface area (Å²) in [5, 5.41) is 0. The maximum atomic E-state index is 2.66. The highest BCUT2D eigenvalue weighted by Gasteiger charge is 2.41. The van der Waals surface area contributed by atoms with Crippen molar-refractivity contribution in [2.45, 2.75) is 98.6 Å². The number of hydrogen-bond acceptors (Lipinski definition) is 2. The summed E-state index contributed by atoms with van der Waals surface area (Å²) >= 11 is 0. The van der Waals surface area contributed by atoms with Gasteiger partial charge >= 0.3 is 0 Å². The minimum Gasteiger partial charge on any atom is -0.335 e. The van der Waals surface area contributed by atoms with Crippen molar-refractivity contribution in [1.29, 1.82) is 0 Å². The molecule has 0 N–H and O–H groups in total. The van der Waals surface area contributed by atoms with Crippen LogP contribution in [0.5, 0.6) is 0 Å². The van der Waals surface area contributed by atoms with Crippen LogP contribution in [0.2, 0.25) is 0 Å². The zero-order valence-electron chi connectivity index (χ0n) is 23.0. The molecule has 0 spiro atoms. The number of benzene rings is 2. The van der Waals surface area contributed by atoms with E-state index in [2.05, 4.69) is 128 Å². The van der Waals surface area contributed by atoms with Gasteiger partial charge in [0.05, 0.1) is 0 Å². The third-order valence-corrected chi connectivity index (χ3v) is 7.72. The van der Waals surface area contributed by atoms with E-state index >= 15 is 0 Å². The lowest BCUT2D eigenvalue weighted by molar-refractivity contribution is 0.0777. The number of hydrogen-bond donors (Lipinski definition) is 0. The quantitative estimate of drug-likeness (QED) is 0.401. The fourth-order valence-corrected chi connectivity index (χ4v) is 6.93. The van der Waals surface area contributed by atoms with E-state index in [4.69, 9.17) is 0 Å². The van der Waals surface area contributed by atoms with E-state index in [0.717, 1.165) is 19.3 Å². The van der Waals surface area contributed by atoms with Crippen LogP contribution in [-0.4, -0.2) is 30.1 Å². The van der Waals surface area contributed by atoms with Crippen LogP contribution in [0.1, 0.15) is 85.8 Å². The Hall–Kier alpha value is -1.80. The smallest absolute Gasteiger partial charge is 0.0448 e. The van der Waals surface area contributed by atoms with Gasteiger partial charge in [-0.15, -0.1) is 0 Å². The van der Waals surface area contributed by atoms with Crippen molar-refractivity contribution in [2.75, 3.05) is 19.0 Å². The van der Waals surface area contributed by atoms with E-state index in [1.165, 1.54) is 35.3 Å². The average Bonchev–Trinajstić information content (AvgIpc) is 2.82. The summed E-state index contributed by atoms with van der Waals surface area (Å²) in [6.45, 7) is 19.5. The highest BCUT2D eigenvalue weighted by Crippen LogP contribution is 2.48. The molecule has 1 aliphatic rings. The third kappa shape index (κ3) is 6.01. The van der Waals surface area contributed by atoms with Crippen LogP contribution in [0.15, 0.2) is 48.5 Å². The normalized spacial score (nSPS) is 15.3. The summed E-state index contributed by atoms with van der Waals surface area (Å²) in [5.74, 6) is 0. The molecular formula is C31H48N2. The summed E-state index contributed by atoms with van der Waals surface area (Å²) in [5.41, 5.74) is 6.37. The van der Waals surface area contributed by atoms with Crippen molar-refractivity contribution >= 4 is 11.4 Å². The van der Waals surface area contributed by atoms with E-state index in [1.807, 2.05) is 0 Å². The van der Waals surface area contributed by atoms with Gasteiger partial charge in [-0.1, -0.05) is 64.1 Å². The molecule has 0 radical (unpaired) electrons. The second-order valence-corrected chi connectivity index (χ2v) is 13.5. The zero-order valence-corrected chi connectivity index (χ0v) is 23.0. The van der Waals surface area contributed by atoms with E-state index in [1.54, 1.807) is 0 Å². The lowest BCUT2D eigenvalue weighted by atomic mass is 9.66. The molecule has 2 aromatic carbocycles. The van der Waals surface area contributed by atoms with Crippen molar-refractivity contribution in [1.82, 2.24) is 4.90 Å². The molecule has 0 bridgehead atoms. The Morgan fingerprint density at radius 1 is 0.636 bits per heavy atom. The van der Waals surface area contributed by atoms with Gasteiger partial charge < -0.3 is 9.80 Å². The molecule has 2 nitrogen and oxygen atoms in total. The number of anilines is 2. The Bertz CT molecular complexity index is 901. The van der Waals surface area contributed by atoms with Crippen molar-refractivity contribution in [3.05, 3.63) is 59.7 Å². The summed E-state index contributed by atoms with van der Waals surface area (Å²) in [6, 6.07) is 18.1. The SMILES string of the molecule is CN(C)C(C)(C)CC(C)(C)CC(C)(C)CC(C)(C)N1c2ccccc2CCc2ccccc21. The number of aryl methyl sites for hydroxylation is 2. The Labute approximate surface area is 204 Å². The van der Waals surface area contributed by atoms with Gasteiger partial charge in [-0.05, 0) is 108 Å². The van der Waals surface area contributed by atoms with Gasteiger partial charge in [0.25, 0.3) is 0 Å². The minimum atomic E-state index is -0.00675. The first kappa shape index (κ1) is 25.8. The molecule has 0 atom stereocenters. The second-order valence-electron chi connectivity index (χ2n) is 13.5. The highest BCUT2D eigenvalue weighted by atomic mass is 15.2. The number of para-hydroxylation sites is 2. The van der Waals surface area contributed by atoms with E-state index < -0.39 is 0 Å². The van der Waals surface area contributed by atoms with Crippen molar-refractivity contribution < 1.29 is 0 Å². The molecule has 0 fully saturated rings. The van der Waals surface area contributed by atoms with Gasteiger partial charge in [0.15, 0.2) is 0 Å². The summed E-state index contributed by atoms with van der Waals surface area (Å²) in [6.07, 6.45) is 5.74. The van der Waals surface area contributed by atoms with Crippen LogP contribution < -0.4 is 4.90 Å². The highest BCUT2D eigenvalue weighted by molar-refractivity contribution is 5.73. The van der Waals surface area contributed by atoms with Gasteiger partial charge in [0.1, 0.15) is 0 Å². The van der Waals surface area contributed by atoms with Gasteiger partial charge in [0.2, 0.25) is 0 Å². The Balaban J connectivity index is 1.92. The van der Waals surface area contributed by atoms with Crippen LogP contribution in [-0.2, 0) is 12.8 Å². The lowest BCUT2D eigenvalue weighted by Gasteiger charge is -2.48. The van der Waals surface area contributed by atoms with Crippen LogP contribution >= 0.6 is 0 Å². The molecular weight excluding hydrogens is 400 g/mol. The fourth-order valence-electron chi connectivity index (χ4n) is 6.93. The molecule has 182 valence electrons. The molecule has 0 aromatic heterocycles. The van der Waals surface area contributed by atoms with Crippen LogP contribution in [0, 0.1) is 10.8 Å². The van der Waals surface area contributed by atoms with Gasteiger partial charge in [-0.2, -0.15) is 0 Å². The summed E-state index contributed by atoms with van der Waals surface area (Å²) < 4.78 is 0. The molecule has 0 unspecified atom stereocenters. The monoisotopic (exact) mass is 448 g/mol. The molecule has 2 aromatic rings. The minimum absolute atomic E-state index is 0.00675. The molecule has 0 aliphatic carbocycles. The third-order valence-electron chi connectivity index (χ3n) is 7.72. The maximum absolute atomic E-state index is 2.66. The van der Waals surface area contributed by atoms with Crippen LogP contribution in [0.3, 0.4) is 0 Å². The Morgan fingerprint density at radius 2 is 1.06 bits per heavy atom. The first-order chi connectivity index (χ1) is 15.1. The fraction of sp³-hybridized carbons (Fsp3) is 0.613. The molecule has 0 amide bonds. The van der Waals surface area contributed by atoms with Crippen molar-refractivity contribution in [3.63, 3.8) is 0 Å². The molecule has 2 heteroatoms. The molecule has 33 heavy (non-hydrogen) atoms. The first-order valence-corrected chi connectivity index (χ1v) is 12.8. The van der Waals surface area contributed by atoms with Gasteiger partial charge in [-0.3, -0.25) is 0 Å². The average molecular weight is 449 g/mol. The molecule has 0 saturated heterocycles. The standard InChI is InChI=1S/C31H48N2/c1-28(2,22-30(5,6)32(9)10)21-29(3,4)23-31(7,8)33-26-17-13-11-15-24(26)19-20-25-16-12-14-18-27(25)33/h11-18H,19-23H2,1-10H3. The zero-order chi connectivity index (χ0) is 24.7. The predicted molar refractivity (Wildman–Crippen MR) is 146 cm³/mol. The number of rotatable bonds is 8. The Kier molecular flexibility index (Phi) is 7.12. The van der Waals surface area contributed by atoms with E-state index in [0.29, 0.717) is 0 Å². The topological polar surface area (TPSA) is 6.48 Å². The summed E-state index contributed by atoms with van der Waals surface area (Å²) in [7, 11) is 4.41. The largest absolute Gasteiger partial charge is 0.335 e. The van der Waals surface area contributed by atoms with Crippen LogP contribution in [0.25, 0.3) is 0 Å². The van der Waals surface area contributed by atoms with Crippen molar-refractivity contribution in [3.8, 4) is 0 Å². The van der Waals surface area contributed by atoms with Gasteiger partial charge in [0, 0.05) is 22.5 Å². The lowest BCUT2D eigenvalue weighted by Crippen LogP contribution is -2.46. The molecule has 0 saturated carbocycles. The predicted octanol–water partition coefficient (Wildman–Crippen LogP) is 8.26. The first-order valence-electron chi connectivity index (χ1n) is 12.8. The summed E-state index contributed by atoms with van der Waals surface area (Å²) in [4.78, 5) is 5.03. The number of nitrogens with zero attached hydrogens (tertiary/aromatic N) is 2. The van der Waals surface area contributed by atoms with Gasteiger partial charge in [-0.25, -0.2) is 0 Å². The van der Waals surface area contributed by atoms with Crippen LogP contribution in [0.4, 0.5) is 11.4 Å². The molecule has 3 rings (SSSR count). The van der Waals surface area contributed by atoms with E-state index in [9.17, 15) is 0 Å². The maximum Gasteiger partial charge on any atom is 0.0448 e.